The number of aromatic amines is 1. The lowest BCUT2D eigenvalue weighted by atomic mass is 10.2. The fourth-order valence-corrected chi connectivity index (χ4v) is 2.48. The summed E-state index contributed by atoms with van der Waals surface area (Å²) in [5.74, 6) is 0.874. The second-order valence-electron chi connectivity index (χ2n) is 4.53. The fraction of sp³-hybridized carbons (Fsp3) is 0.500. The van der Waals surface area contributed by atoms with Gasteiger partial charge < -0.3 is 14.3 Å². The van der Waals surface area contributed by atoms with E-state index in [0.29, 0.717) is 0 Å². The maximum absolute atomic E-state index is 5.38. The number of imidazole rings is 1. The second kappa shape index (κ2) is 6.05. The lowest BCUT2D eigenvalue weighted by molar-refractivity contribution is 0.415. The van der Waals surface area contributed by atoms with Gasteiger partial charge in [-0.15, -0.1) is 0 Å². The monoisotopic (exact) mass is 264 g/mol. The molecular formula is C14H20N2OS. The molecule has 3 nitrogen and oxygen atoms in total. The zero-order valence-corrected chi connectivity index (χ0v) is 11.8. The van der Waals surface area contributed by atoms with Crippen LogP contribution in [0.25, 0.3) is 11.0 Å². The van der Waals surface area contributed by atoms with E-state index in [0.717, 1.165) is 28.1 Å². The van der Waals surface area contributed by atoms with Crippen molar-refractivity contribution in [3.63, 3.8) is 0 Å². The zero-order chi connectivity index (χ0) is 13.0. The van der Waals surface area contributed by atoms with Crippen LogP contribution in [0.2, 0.25) is 0 Å². The van der Waals surface area contributed by atoms with E-state index in [9.17, 15) is 0 Å². The Bertz CT molecular complexity index is 571. The topological polar surface area (TPSA) is 29.9 Å². The van der Waals surface area contributed by atoms with Crippen molar-refractivity contribution in [1.82, 2.24) is 9.55 Å². The number of aryl methyl sites for hydroxylation is 1. The molecule has 1 aromatic heterocycles. The van der Waals surface area contributed by atoms with Crippen molar-refractivity contribution in [3.8, 4) is 5.75 Å². The number of ether oxygens (including phenoxy) is 1. The van der Waals surface area contributed by atoms with E-state index in [-0.39, 0.29) is 0 Å². The van der Waals surface area contributed by atoms with E-state index in [2.05, 4.69) is 16.5 Å². The average Bonchev–Trinajstić information content (AvgIpc) is 2.70. The van der Waals surface area contributed by atoms with Gasteiger partial charge in [0.25, 0.3) is 0 Å². The van der Waals surface area contributed by atoms with E-state index in [1.54, 1.807) is 7.11 Å². The molecule has 1 aromatic carbocycles. The maximum atomic E-state index is 5.38. The summed E-state index contributed by atoms with van der Waals surface area (Å²) in [7, 11) is 1.69. The number of methoxy groups -OCH3 is 1. The minimum absolute atomic E-state index is 0.801. The minimum atomic E-state index is 0.801. The van der Waals surface area contributed by atoms with Crippen molar-refractivity contribution in [2.45, 2.75) is 39.2 Å². The Balaban J connectivity index is 2.24. The van der Waals surface area contributed by atoms with Crippen LogP contribution in [0.5, 0.6) is 5.75 Å². The molecule has 0 atom stereocenters. The average molecular weight is 264 g/mol. The standard InChI is InChI=1S/C14H20N2OS/c1-3-4-5-6-9-16-13-10-11(17-2)7-8-12(13)15-14(16)18/h7-8,10H,3-6,9H2,1-2H3,(H,15,18). The van der Waals surface area contributed by atoms with Crippen LogP contribution in [0.3, 0.4) is 0 Å². The van der Waals surface area contributed by atoms with Crippen molar-refractivity contribution >= 4 is 23.3 Å². The highest BCUT2D eigenvalue weighted by Crippen LogP contribution is 2.21. The molecule has 4 heteroatoms. The number of nitrogens with one attached hydrogen (secondary N) is 1. The molecule has 0 bridgehead atoms. The molecule has 0 aliphatic carbocycles. The van der Waals surface area contributed by atoms with Crippen molar-refractivity contribution in [3.05, 3.63) is 23.0 Å². The first-order chi connectivity index (χ1) is 8.76. The molecule has 2 rings (SSSR count). The van der Waals surface area contributed by atoms with Crippen LogP contribution in [0.15, 0.2) is 18.2 Å². The molecule has 0 saturated heterocycles. The van der Waals surface area contributed by atoms with E-state index in [4.69, 9.17) is 17.0 Å². The van der Waals surface area contributed by atoms with E-state index < -0.39 is 0 Å². The molecule has 0 aliphatic heterocycles. The normalized spacial score (nSPS) is 11.0. The summed E-state index contributed by atoms with van der Waals surface area (Å²) in [5, 5.41) is 0. The van der Waals surface area contributed by atoms with Gasteiger partial charge in [-0.3, -0.25) is 0 Å². The smallest absolute Gasteiger partial charge is 0.178 e. The number of nitrogens with zero attached hydrogens (tertiary/aromatic N) is 1. The Kier molecular flexibility index (Phi) is 4.42. The Morgan fingerprint density at radius 1 is 1.28 bits per heavy atom. The fourth-order valence-electron chi connectivity index (χ4n) is 2.18. The molecule has 0 radical (unpaired) electrons. The van der Waals surface area contributed by atoms with Gasteiger partial charge in [-0.2, -0.15) is 0 Å². The Hall–Kier alpha value is -1.29. The van der Waals surface area contributed by atoms with Crippen LogP contribution in [-0.2, 0) is 6.54 Å². The van der Waals surface area contributed by atoms with Gasteiger partial charge in [0.15, 0.2) is 4.77 Å². The summed E-state index contributed by atoms with van der Waals surface area (Å²) in [6, 6.07) is 6.02. The van der Waals surface area contributed by atoms with Crippen LogP contribution in [0.1, 0.15) is 32.6 Å². The van der Waals surface area contributed by atoms with Gasteiger partial charge in [0.1, 0.15) is 5.75 Å². The molecule has 0 spiro atoms. The van der Waals surface area contributed by atoms with Crippen LogP contribution >= 0.6 is 12.2 Å². The predicted molar refractivity (Wildman–Crippen MR) is 77.8 cm³/mol. The molecule has 0 saturated carbocycles. The van der Waals surface area contributed by atoms with Gasteiger partial charge in [0.2, 0.25) is 0 Å². The third kappa shape index (κ3) is 2.75. The third-order valence-electron chi connectivity index (χ3n) is 3.22. The quantitative estimate of drug-likeness (QED) is 0.623. The molecule has 0 fully saturated rings. The highest BCUT2D eigenvalue weighted by Gasteiger charge is 2.05. The molecule has 98 valence electrons. The Labute approximate surface area is 113 Å². The SMILES string of the molecule is CCCCCCn1c(=S)[nH]c2ccc(OC)cc21. The first-order valence-corrected chi connectivity index (χ1v) is 6.93. The molecule has 18 heavy (non-hydrogen) atoms. The number of hydrogen-bond acceptors (Lipinski definition) is 2. The summed E-state index contributed by atoms with van der Waals surface area (Å²) in [4.78, 5) is 3.24. The number of hydrogen-bond donors (Lipinski definition) is 1. The van der Waals surface area contributed by atoms with Crippen LogP contribution in [-0.4, -0.2) is 16.7 Å². The van der Waals surface area contributed by atoms with Gasteiger partial charge in [-0.25, -0.2) is 0 Å². The van der Waals surface area contributed by atoms with Gasteiger partial charge >= 0.3 is 0 Å². The first-order valence-electron chi connectivity index (χ1n) is 6.53. The number of unbranched alkanes of at least 4 members (excludes halogenated alkanes) is 3. The maximum Gasteiger partial charge on any atom is 0.178 e. The van der Waals surface area contributed by atoms with Crippen LogP contribution in [0, 0.1) is 4.77 Å². The molecular weight excluding hydrogens is 244 g/mol. The molecule has 0 aliphatic rings. The van der Waals surface area contributed by atoms with Crippen molar-refractivity contribution < 1.29 is 4.74 Å². The van der Waals surface area contributed by atoms with Gasteiger partial charge in [0, 0.05) is 12.6 Å². The number of rotatable bonds is 6. The first kappa shape index (κ1) is 13.1. The van der Waals surface area contributed by atoms with E-state index in [1.165, 1.54) is 25.7 Å². The Morgan fingerprint density at radius 2 is 2.11 bits per heavy atom. The molecule has 2 aromatic rings. The minimum Gasteiger partial charge on any atom is -0.497 e. The highest BCUT2D eigenvalue weighted by atomic mass is 32.1. The van der Waals surface area contributed by atoms with Crippen molar-refractivity contribution in [1.29, 1.82) is 0 Å². The lowest BCUT2D eigenvalue weighted by Crippen LogP contribution is -1.98. The molecule has 0 amide bonds. The van der Waals surface area contributed by atoms with Gasteiger partial charge in [0.05, 0.1) is 18.1 Å². The second-order valence-corrected chi connectivity index (χ2v) is 4.91. The largest absolute Gasteiger partial charge is 0.497 e. The lowest BCUT2D eigenvalue weighted by Gasteiger charge is -2.05. The molecule has 1 heterocycles. The summed E-state index contributed by atoms with van der Waals surface area (Å²) in [5.41, 5.74) is 2.21. The number of benzene rings is 1. The molecule has 0 unspecified atom stereocenters. The third-order valence-corrected chi connectivity index (χ3v) is 3.54. The van der Waals surface area contributed by atoms with Gasteiger partial charge in [-0.05, 0) is 30.8 Å². The van der Waals surface area contributed by atoms with Crippen molar-refractivity contribution in [2.24, 2.45) is 0 Å². The summed E-state index contributed by atoms with van der Waals surface area (Å²) in [6.45, 7) is 3.20. The van der Waals surface area contributed by atoms with Crippen molar-refractivity contribution in [2.75, 3.05) is 7.11 Å². The predicted octanol–water partition coefficient (Wildman–Crippen LogP) is 4.29. The van der Waals surface area contributed by atoms with E-state index in [1.807, 2.05) is 18.2 Å². The Morgan fingerprint density at radius 3 is 2.83 bits per heavy atom. The van der Waals surface area contributed by atoms with Crippen LogP contribution < -0.4 is 4.74 Å². The highest BCUT2D eigenvalue weighted by molar-refractivity contribution is 7.71. The molecule has 1 N–H and O–H groups in total. The van der Waals surface area contributed by atoms with E-state index >= 15 is 0 Å². The zero-order valence-electron chi connectivity index (χ0n) is 11.0. The number of fused-ring (bicyclic) bond motifs is 1. The number of aromatic nitrogens is 2. The number of H-pyrrole nitrogens is 1. The summed E-state index contributed by atoms with van der Waals surface area (Å²) < 4.78 is 8.24. The summed E-state index contributed by atoms with van der Waals surface area (Å²) >= 11 is 5.38. The van der Waals surface area contributed by atoms with Gasteiger partial charge in [-0.1, -0.05) is 26.2 Å². The summed E-state index contributed by atoms with van der Waals surface area (Å²) in [6.07, 6.45) is 4.98. The van der Waals surface area contributed by atoms with Crippen LogP contribution in [0.4, 0.5) is 0 Å².